The van der Waals surface area contributed by atoms with Crippen molar-refractivity contribution in [3.8, 4) is 11.5 Å². The minimum absolute atomic E-state index is 0.0495. The standard InChI is InChI=1S/C11H10ClF2N3O/c1-11(13,14)6-15-10-17-16-9(18-10)7-3-2-4-8(12)5-7/h2-5H,6H2,1H3,(H,15,17). The van der Waals surface area contributed by atoms with E-state index in [9.17, 15) is 8.78 Å². The molecule has 0 bridgehead atoms. The quantitative estimate of drug-likeness (QED) is 0.927. The van der Waals surface area contributed by atoms with Crippen LogP contribution >= 0.6 is 11.6 Å². The van der Waals surface area contributed by atoms with Crippen molar-refractivity contribution in [3.05, 3.63) is 29.3 Å². The monoisotopic (exact) mass is 273 g/mol. The van der Waals surface area contributed by atoms with E-state index in [1.165, 1.54) is 0 Å². The summed E-state index contributed by atoms with van der Waals surface area (Å²) in [4.78, 5) is 0. The van der Waals surface area contributed by atoms with Crippen molar-refractivity contribution in [3.63, 3.8) is 0 Å². The van der Waals surface area contributed by atoms with Crippen molar-refractivity contribution >= 4 is 17.6 Å². The first-order valence-electron chi connectivity index (χ1n) is 5.15. The van der Waals surface area contributed by atoms with Crippen molar-refractivity contribution in [2.75, 3.05) is 11.9 Å². The first-order chi connectivity index (χ1) is 8.44. The van der Waals surface area contributed by atoms with E-state index >= 15 is 0 Å². The van der Waals surface area contributed by atoms with E-state index < -0.39 is 12.5 Å². The molecule has 1 aromatic carbocycles. The van der Waals surface area contributed by atoms with Gasteiger partial charge in [0.15, 0.2) is 0 Å². The van der Waals surface area contributed by atoms with Crippen LogP contribution in [0.4, 0.5) is 14.8 Å². The minimum atomic E-state index is -2.84. The van der Waals surface area contributed by atoms with Crippen LogP contribution in [0.1, 0.15) is 6.92 Å². The Balaban J connectivity index is 2.11. The first kappa shape index (κ1) is 12.8. The second-order valence-corrected chi connectivity index (χ2v) is 4.28. The number of hydrogen-bond donors (Lipinski definition) is 1. The van der Waals surface area contributed by atoms with Gasteiger partial charge in [-0.05, 0) is 18.2 Å². The van der Waals surface area contributed by atoms with Gasteiger partial charge in [0.1, 0.15) is 0 Å². The van der Waals surface area contributed by atoms with Crippen LogP contribution in [0.3, 0.4) is 0 Å². The predicted molar refractivity (Wildman–Crippen MR) is 63.9 cm³/mol. The van der Waals surface area contributed by atoms with Gasteiger partial charge in [-0.15, -0.1) is 5.10 Å². The van der Waals surface area contributed by atoms with E-state index in [2.05, 4.69) is 15.5 Å². The number of halogens is 3. The number of hydrogen-bond acceptors (Lipinski definition) is 4. The molecule has 0 amide bonds. The Labute approximate surface area is 107 Å². The predicted octanol–water partition coefficient (Wildman–Crippen LogP) is 3.46. The van der Waals surface area contributed by atoms with Crippen molar-refractivity contribution in [1.82, 2.24) is 10.2 Å². The molecule has 0 saturated heterocycles. The average Bonchev–Trinajstić information content (AvgIpc) is 2.74. The smallest absolute Gasteiger partial charge is 0.315 e. The van der Waals surface area contributed by atoms with Crippen LogP contribution < -0.4 is 5.32 Å². The zero-order valence-corrected chi connectivity index (χ0v) is 10.2. The van der Waals surface area contributed by atoms with Crippen LogP contribution in [0, 0.1) is 0 Å². The molecule has 0 unspecified atom stereocenters. The molecule has 2 rings (SSSR count). The first-order valence-corrected chi connectivity index (χ1v) is 5.53. The third-order valence-corrected chi connectivity index (χ3v) is 2.28. The number of anilines is 1. The van der Waals surface area contributed by atoms with Gasteiger partial charge < -0.3 is 9.73 Å². The van der Waals surface area contributed by atoms with Gasteiger partial charge >= 0.3 is 6.01 Å². The zero-order valence-electron chi connectivity index (χ0n) is 9.45. The Bertz CT molecular complexity index is 539. The Morgan fingerprint density at radius 3 is 2.83 bits per heavy atom. The molecule has 0 aliphatic heterocycles. The van der Waals surface area contributed by atoms with E-state index in [-0.39, 0.29) is 11.9 Å². The number of alkyl halides is 2. The highest BCUT2D eigenvalue weighted by Gasteiger charge is 2.21. The van der Waals surface area contributed by atoms with E-state index in [1.54, 1.807) is 24.3 Å². The van der Waals surface area contributed by atoms with Crippen LogP contribution in [-0.2, 0) is 0 Å². The van der Waals surface area contributed by atoms with E-state index in [1.807, 2.05) is 0 Å². The third kappa shape index (κ3) is 3.40. The van der Waals surface area contributed by atoms with Gasteiger partial charge in [-0.2, -0.15) is 0 Å². The summed E-state index contributed by atoms with van der Waals surface area (Å²) in [5.74, 6) is -2.62. The summed E-state index contributed by atoms with van der Waals surface area (Å²) in [6, 6.07) is 6.77. The molecule has 0 aliphatic carbocycles. The van der Waals surface area contributed by atoms with Crippen LogP contribution in [0.2, 0.25) is 5.02 Å². The molecular formula is C11H10ClF2N3O. The largest absolute Gasteiger partial charge is 0.403 e. The number of nitrogens with one attached hydrogen (secondary N) is 1. The second-order valence-electron chi connectivity index (χ2n) is 3.85. The second kappa shape index (κ2) is 4.89. The number of benzene rings is 1. The summed E-state index contributed by atoms with van der Waals surface area (Å²) in [6.07, 6.45) is 0. The Kier molecular flexibility index (Phi) is 3.47. The van der Waals surface area contributed by atoms with Crippen LogP contribution in [0.5, 0.6) is 0 Å². The summed E-state index contributed by atoms with van der Waals surface area (Å²) in [7, 11) is 0. The molecule has 7 heteroatoms. The van der Waals surface area contributed by atoms with Crippen molar-refractivity contribution in [2.24, 2.45) is 0 Å². The lowest BCUT2D eigenvalue weighted by molar-refractivity contribution is 0.0362. The minimum Gasteiger partial charge on any atom is -0.403 e. The van der Waals surface area contributed by atoms with Crippen molar-refractivity contribution < 1.29 is 13.2 Å². The number of aromatic nitrogens is 2. The number of nitrogens with zero attached hydrogens (tertiary/aromatic N) is 2. The summed E-state index contributed by atoms with van der Waals surface area (Å²) in [5.41, 5.74) is 0.631. The fourth-order valence-electron chi connectivity index (χ4n) is 1.26. The van der Waals surface area contributed by atoms with Crippen LogP contribution in [0.25, 0.3) is 11.5 Å². The van der Waals surface area contributed by atoms with Gasteiger partial charge in [0.2, 0.25) is 5.89 Å². The van der Waals surface area contributed by atoms with Gasteiger partial charge in [0.05, 0.1) is 6.54 Å². The van der Waals surface area contributed by atoms with Gasteiger partial charge in [-0.1, -0.05) is 22.8 Å². The molecule has 96 valence electrons. The summed E-state index contributed by atoms with van der Waals surface area (Å²) in [5, 5.41) is 10.3. The Morgan fingerprint density at radius 2 is 2.17 bits per heavy atom. The van der Waals surface area contributed by atoms with E-state index in [0.29, 0.717) is 10.6 Å². The molecule has 0 aliphatic rings. The maximum Gasteiger partial charge on any atom is 0.315 e. The topological polar surface area (TPSA) is 51.0 Å². The highest BCUT2D eigenvalue weighted by Crippen LogP contribution is 2.23. The lowest BCUT2D eigenvalue weighted by Gasteiger charge is -2.08. The molecule has 1 N–H and O–H groups in total. The highest BCUT2D eigenvalue weighted by molar-refractivity contribution is 6.30. The highest BCUT2D eigenvalue weighted by atomic mass is 35.5. The van der Waals surface area contributed by atoms with Crippen molar-refractivity contribution in [1.29, 1.82) is 0 Å². The maximum atomic E-state index is 12.6. The Morgan fingerprint density at radius 1 is 1.39 bits per heavy atom. The lowest BCUT2D eigenvalue weighted by atomic mass is 10.2. The molecule has 2 aromatic rings. The summed E-state index contributed by atoms with van der Waals surface area (Å²) < 4.78 is 30.4. The van der Waals surface area contributed by atoms with E-state index in [0.717, 1.165) is 6.92 Å². The van der Waals surface area contributed by atoms with Gasteiger partial charge in [0.25, 0.3) is 5.92 Å². The van der Waals surface area contributed by atoms with Gasteiger partial charge in [-0.3, -0.25) is 0 Å². The summed E-state index contributed by atoms with van der Waals surface area (Å²) >= 11 is 5.82. The molecule has 18 heavy (non-hydrogen) atoms. The normalized spacial score (nSPS) is 11.6. The molecular weight excluding hydrogens is 264 g/mol. The molecule has 4 nitrogen and oxygen atoms in total. The third-order valence-electron chi connectivity index (χ3n) is 2.05. The molecule has 0 fully saturated rings. The van der Waals surface area contributed by atoms with Gasteiger partial charge in [0, 0.05) is 17.5 Å². The van der Waals surface area contributed by atoms with E-state index in [4.69, 9.17) is 16.0 Å². The number of rotatable bonds is 4. The molecule has 1 heterocycles. The molecule has 0 atom stereocenters. The fraction of sp³-hybridized carbons (Fsp3) is 0.273. The lowest BCUT2D eigenvalue weighted by Crippen LogP contribution is -2.22. The van der Waals surface area contributed by atoms with Crippen molar-refractivity contribution in [2.45, 2.75) is 12.8 Å². The molecule has 0 saturated carbocycles. The molecule has 0 radical (unpaired) electrons. The fourth-order valence-corrected chi connectivity index (χ4v) is 1.45. The Hall–Kier alpha value is -1.69. The summed E-state index contributed by atoms with van der Waals surface area (Å²) in [6.45, 7) is 0.235. The van der Waals surface area contributed by atoms with Crippen LogP contribution in [0.15, 0.2) is 28.7 Å². The maximum absolute atomic E-state index is 12.6. The zero-order chi connectivity index (χ0) is 13.2. The average molecular weight is 274 g/mol. The SMILES string of the molecule is CC(F)(F)CNc1nnc(-c2cccc(Cl)c2)o1. The molecule has 1 aromatic heterocycles. The van der Waals surface area contributed by atoms with Crippen LogP contribution in [-0.4, -0.2) is 22.7 Å². The molecule has 0 spiro atoms. The van der Waals surface area contributed by atoms with Gasteiger partial charge in [-0.25, -0.2) is 8.78 Å².